The number of ether oxygens (including phenoxy) is 1. The van der Waals surface area contributed by atoms with Gasteiger partial charge in [0.25, 0.3) is 5.91 Å². The van der Waals surface area contributed by atoms with Crippen molar-refractivity contribution in [3.63, 3.8) is 0 Å². The lowest BCUT2D eigenvalue weighted by molar-refractivity contribution is 0.0526. The Balaban J connectivity index is 1.63. The van der Waals surface area contributed by atoms with Gasteiger partial charge in [-0.1, -0.05) is 12.1 Å². The van der Waals surface area contributed by atoms with Gasteiger partial charge in [0.05, 0.1) is 18.4 Å². The summed E-state index contributed by atoms with van der Waals surface area (Å²) in [5.41, 5.74) is 4.17. The van der Waals surface area contributed by atoms with Crippen molar-refractivity contribution in [2.75, 3.05) is 6.61 Å². The van der Waals surface area contributed by atoms with Gasteiger partial charge in [-0.2, -0.15) is 5.10 Å². The monoisotopic (exact) mass is 363 g/mol. The highest BCUT2D eigenvalue weighted by Gasteiger charge is 2.08. The third-order valence-electron chi connectivity index (χ3n) is 3.61. The Morgan fingerprint density at radius 2 is 1.81 bits per heavy atom. The van der Waals surface area contributed by atoms with Crippen LogP contribution in [0.3, 0.4) is 0 Å². The Morgan fingerprint density at radius 1 is 1.07 bits per heavy atom. The molecule has 0 bridgehead atoms. The number of pyridine rings is 1. The van der Waals surface area contributed by atoms with E-state index < -0.39 is 0 Å². The van der Waals surface area contributed by atoms with Gasteiger partial charge in [0.1, 0.15) is 11.5 Å². The standard InChI is InChI=1S/C20H17N3O4/c1-2-26-20(25)16-5-3-14(4-6-16)18-8-7-17(27-18)13-22-23-19(24)15-9-11-21-12-10-15/h3-13H,2H2,1H3,(H,23,24)/b22-13+. The molecular formula is C20H17N3O4. The summed E-state index contributed by atoms with van der Waals surface area (Å²) in [5, 5.41) is 3.88. The fourth-order valence-electron chi connectivity index (χ4n) is 2.28. The minimum atomic E-state index is -0.360. The van der Waals surface area contributed by atoms with Gasteiger partial charge < -0.3 is 9.15 Å². The fourth-order valence-corrected chi connectivity index (χ4v) is 2.28. The molecule has 1 amide bonds. The molecule has 0 radical (unpaired) electrons. The van der Waals surface area contributed by atoms with Crippen molar-refractivity contribution < 1.29 is 18.7 Å². The lowest BCUT2D eigenvalue weighted by Gasteiger charge is -2.02. The molecule has 7 heteroatoms. The zero-order chi connectivity index (χ0) is 19.1. The van der Waals surface area contributed by atoms with E-state index in [1.165, 1.54) is 18.6 Å². The molecule has 2 aromatic heterocycles. The molecule has 0 fully saturated rings. The fraction of sp³-hybridized carbons (Fsp3) is 0.100. The maximum atomic E-state index is 11.9. The normalized spacial score (nSPS) is 10.7. The van der Waals surface area contributed by atoms with E-state index in [2.05, 4.69) is 15.5 Å². The Kier molecular flexibility index (Phi) is 5.73. The van der Waals surface area contributed by atoms with E-state index in [1.54, 1.807) is 55.5 Å². The molecule has 0 aliphatic rings. The van der Waals surface area contributed by atoms with Crippen molar-refractivity contribution in [3.05, 3.63) is 77.8 Å². The number of nitrogens with zero attached hydrogens (tertiary/aromatic N) is 2. The number of amides is 1. The predicted molar refractivity (Wildman–Crippen MR) is 99.4 cm³/mol. The Bertz CT molecular complexity index is 947. The van der Waals surface area contributed by atoms with Gasteiger partial charge >= 0.3 is 5.97 Å². The molecule has 2 heterocycles. The SMILES string of the molecule is CCOC(=O)c1ccc(-c2ccc(/C=N/NC(=O)c3ccncc3)o2)cc1. The van der Waals surface area contributed by atoms with E-state index in [1.807, 2.05) is 0 Å². The topological polar surface area (TPSA) is 93.8 Å². The van der Waals surface area contributed by atoms with E-state index in [0.717, 1.165) is 5.56 Å². The first-order valence-corrected chi connectivity index (χ1v) is 8.28. The second-order valence-corrected chi connectivity index (χ2v) is 5.43. The highest BCUT2D eigenvalue weighted by Crippen LogP contribution is 2.22. The predicted octanol–water partition coefficient (Wildman–Crippen LogP) is 3.28. The summed E-state index contributed by atoms with van der Waals surface area (Å²) in [6.07, 6.45) is 4.48. The number of nitrogens with one attached hydrogen (secondary N) is 1. The molecule has 0 atom stereocenters. The van der Waals surface area contributed by atoms with E-state index in [0.29, 0.717) is 29.3 Å². The average Bonchev–Trinajstić information content (AvgIpc) is 3.18. The smallest absolute Gasteiger partial charge is 0.338 e. The number of hydrogen-bond acceptors (Lipinski definition) is 6. The van der Waals surface area contributed by atoms with Crippen molar-refractivity contribution in [1.82, 2.24) is 10.4 Å². The quantitative estimate of drug-likeness (QED) is 0.412. The summed E-state index contributed by atoms with van der Waals surface area (Å²) in [7, 11) is 0. The van der Waals surface area contributed by atoms with Crippen LogP contribution in [0.15, 0.2) is 70.4 Å². The zero-order valence-corrected chi connectivity index (χ0v) is 14.6. The third kappa shape index (κ3) is 4.66. The summed E-state index contributed by atoms with van der Waals surface area (Å²) in [4.78, 5) is 27.4. The lowest BCUT2D eigenvalue weighted by atomic mass is 10.1. The van der Waals surface area contributed by atoms with Crippen LogP contribution in [0.4, 0.5) is 0 Å². The van der Waals surface area contributed by atoms with E-state index in [4.69, 9.17) is 9.15 Å². The van der Waals surface area contributed by atoms with Crippen LogP contribution in [0.2, 0.25) is 0 Å². The highest BCUT2D eigenvalue weighted by atomic mass is 16.5. The molecule has 0 unspecified atom stereocenters. The molecule has 1 aromatic carbocycles. The van der Waals surface area contributed by atoms with Crippen molar-refractivity contribution >= 4 is 18.1 Å². The minimum absolute atomic E-state index is 0.333. The Labute approximate surface area is 155 Å². The molecular weight excluding hydrogens is 346 g/mol. The van der Waals surface area contributed by atoms with E-state index in [9.17, 15) is 9.59 Å². The number of esters is 1. The largest absolute Gasteiger partial charge is 0.462 e. The number of furan rings is 1. The Morgan fingerprint density at radius 3 is 2.52 bits per heavy atom. The van der Waals surface area contributed by atoms with Gasteiger partial charge in [0.2, 0.25) is 0 Å². The first-order valence-electron chi connectivity index (χ1n) is 8.28. The summed E-state index contributed by atoms with van der Waals surface area (Å²) >= 11 is 0. The molecule has 7 nitrogen and oxygen atoms in total. The Hall–Kier alpha value is -3.74. The van der Waals surface area contributed by atoms with Crippen LogP contribution in [0.5, 0.6) is 0 Å². The molecule has 0 saturated carbocycles. The number of hydrogen-bond donors (Lipinski definition) is 1. The van der Waals surface area contributed by atoms with E-state index in [-0.39, 0.29) is 11.9 Å². The van der Waals surface area contributed by atoms with Gasteiger partial charge in [0.15, 0.2) is 0 Å². The lowest BCUT2D eigenvalue weighted by Crippen LogP contribution is -2.17. The number of carbonyl (C=O) groups is 2. The third-order valence-corrected chi connectivity index (χ3v) is 3.61. The molecule has 0 aliphatic carbocycles. The molecule has 3 rings (SSSR count). The number of aromatic nitrogens is 1. The molecule has 0 aliphatic heterocycles. The average molecular weight is 363 g/mol. The first-order chi connectivity index (χ1) is 13.2. The van der Waals surface area contributed by atoms with Gasteiger partial charge in [-0.05, 0) is 43.3 Å². The van der Waals surface area contributed by atoms with Crippen LogP contribution in [0.25, 0.3) is 11.3 Å². The van der Waals surface area contributed by atoms with Crippen LogP contribution in [-0.2, 0) is 4.74 Å². The van der Waals surface area contributed by atoms with Gasteiger partial charge in [-0.25, -0.2) is 10.2 Å². The van der Waals surface area contributed by atoms with Gasteiger partial charge in [0, 0.05) is 23.5 Å². The highest BCUT2D eigenvalue weighted by molar-refractivity contribution is 5.94. The van der Waals surface area contributed by atoms with Crippen molar-refractivity contribution in [1.29, 1.82) is 0 Å². The molecule has 1 N–H and O–H groups in total. The summed E-state index contributed by atoms with van der Waals surface area (Å²) in [5.74, 6) is 0.401. The molecule has 136 valence electrons. The van der Waals surface area contributed by atoms with Gasteiger partial charge in [-0.15, -0.1) is 0 Å². The van der Waals surface area contributed by atoms with Crippen LogP contribution in [-0.4, -0.2) is 29.7 Å². The second kappa shape index (κ2) is 8.57. The summed E-state index contributed by atoms with van der Waals surface area (Å²) in [6.45, 7) is 2.09. The zero-order valence-electron chi connectivity index (χ0n) is 14.6. The van der Waals surface area contributed by atoms with Crippen LogP contribution < -0.4 is 5.43 Å². The molecule has 0 saturated heterocycles. The maximum Gasteiger partial charge on any atom is 0.338 e. The molecule has 27 heavy (non-hydrogen) atoms. The number of hydrazone groups is 1. The van der Waals surface area contributed by atoms with Crippen molar-refractivity contribution in [3.8, 4) is 11.3 Å². The second-order valence-electron chi connectivity index (χ2n) is 5.43. The van der Waals surface area contributed by atoms with Gasteiger partial charge in [-0.3, -0.25) is 9.78 Å². The summed E-state index contributed by atoms with van der Waals surface area (Å²) in [6, 6.07) is 13.6. The van der Waals surface area contributed by atoms with Crippen LogP contribution in [0, 0.1) is 0 Å². The number of carbonyl (C=O) groups excluding carboxylic acids is 2. The van der Waals surface area contributed by atoms with Crippen molar-refractivity contribution in [2.24, 2.45) is 5.10 Å². The van der Waals surface area contributed by atoms with Crippen LogP contribution >= 0.6 is 0 Å². The summed E-state index contributed by atoms with van der Waals surface area (Å²) < 4.78 is 10.6. The number of rotatable bonds is 6. The first kappa shape index (κ1) is 18.1. The number of benzene rings is 1. The molecule has 3 aromatic rings. The van der Waals surface area contributed by atoms with E-state index >= 15 is 0 Å². The van der Waals surface area contributed by atoms with Crippen LogP contribution in [0.1, 0.15) is 33.4 Å². The van der Waals surface area contributed by atoms with Crippen molar-refractivity contribution in [2.45, 2.75) is 6.92 Å². The molecule has 0 spiro atoms. The maximum absolute atomic E-state index is 11.9. The minimum Gasteiger partial charge on any atom is -0.462 e.